The Hall–Kier alpha value is -6.39. The van der Waals surface area contributed by atoms with Gasteiger partial charge in [0.15, 0.2) is 0 Å². The number of carbonyl (C=O) groups is 5. The number of imide groups is 2. The SMILES string of the molecule is Cc1cc(-c2ccnc(Nc3ccc(N4CCN(CC5CCN(c6ccc7c(c6)C(=O)N(C6CCC(=O)NC6=O)C7=O)CC5)CC4)cc3)n2)ccc1COC(=O)N1CC(OC(C)C)C1. The first-order chi connectivity index (χ1) is 30.9. The van der Waals surface area contributed by atoms with Gasteiger partial charge in [-0.2, -0.15) is 0 Å². The molecule has 5 aliphatic heterocycles. The minimum Gasteiger partial charge on any atom is -0.445 e. The number of aryl methyl sites for hydroxylation is 1. The van der Waals surface area contributed by atoms with E-state index in [2.05, 4.69) is 60.6 Å². The summed E-state index contributed by atoms with van der Waals surface area (Å²) in [6.07, 6.45) is 3.95. The topological polar surface area (TPSA) is 170 Å². The van der Waals surface area contributed by atoms with Crippen molar-refractivity contribution in [3.63, 3.8) is 0 Å². The van der Waals surface area contributed by atoms with Crippen molar-refractivity contribution in [2.24, 2.45) is 5.92 Å². The van der Waals surface area contributed by atoms with Gasteiger partial charge in [-0.15, -0.1) is 0 Å². The first-order valence-corrected chi connectivity index (χ1v) is 22.4. The second kappa shape index (κ2) is 18.4. The Bertz CT molecular complexity index is 2420. The van der Waals surface area contributed by atoms with Gasteiger partial charge in [0.05, 0.1) is 42.1 Å². The number of amides is 5. The van der Waals surface area contributed by atoms with E-state index >= 15 is 0 Å². The molecule has 0 spiro atoms. The normalized spacial score (nSPS) is 19.8. The van der Waals surface area contributed by atoms with E-state index < -0.39 is 23.8 Å². The maximum atomic E-state index is 13.4. The fraction of sp³-hybridized carbons (Fsp3) is 0.438. The molecule has 4 aromatic rings. The van der Waals surface area contributed by atoms with Crippen LogP contribution in [-0.4, -0.2) is 132 Å². The quantitative estimate of drug-likeness (QED) is 0.174. The number of rotatable bonds is 12. The van der Waals surface area contributed by atoms with Crippen molar-refractivity contribution < 1.29 is 33.4 Å². The molecule has 5 aliphatic rings. The zero-order chi connectivity index (χ0) is 44.5. The molecule has 4 saturated heterocycles. The number of hydrogen-bond acceptors (Lipinski definition) is 13. The number of ether oxygens (including phenoxy) is 2. The molecule has 0 radical (unpaired) electrons. The van der Waals surface area contributed by atoms with Crippen LogP contribution < -0.4 is 20.4 Å². The number of nitrogens with one attached hydrogen (secondary N) is 2. The third-order valence-corrected chi connectivity index (χ3v) is 13.0. The molecule has 5 amide bonds. The number of likely N-dealkylation sites (tertiary alicyclic amines) is 1. The van der Waals surface area contributed by atoms with Gasteiger partial charge in [0.25, 0.3) is 11.8 Å². The molecule has 0 saturated carbocycles. The number of nitrogens with zero attached hydrogens (tertiary/aromatic N) is 7. The number of piperazine rings is 1. The monoisotopic (exact) mass is 869 g/mol. The Morgan fingerprint density at radius 3 is 2.27 bits per heavy atom. The van der Waals surface area contributed by atoms with Crippen LogP contribution in [-0.2, 0) is 25.7 Å². The van der Waals surface area contributed by atoms with E-state index in [1.165, 1.54) is 5.69 Å². The van der Waals surface area contributed by atoms with Gasteiger partial charge in [-0.05, 0) is 112 Å². The summed E-state index contributed by atoms with van der Waals surface area (Å²) in [5, 5.41) is 5.61. The number of anilines is 4. The Morgan fingerprint density at radius 2 is 1.55 bits per heavy atom. The maximum absolute atomic E-state index is 13.4. The largest absolute Gasteiger partial charge is 0.445 e. The van der Waals surface area contributed by atoms with Crippen LogP contribution in [0.15, 0.2) is 72.9 Å². The average Bonchev–Trinajstić information content (AvgIpc) is 3.52. The van der Waals surface area contributed by atoms with Crippen molar-refractivity contribution in [2.75, 3.05) is 74.0 Å². The van der Waals surface area contributed by atoms with Crippen LogP contribution in [0, 0.1) is 12.8 Å². The summed E-state index contributed by atoms with van der Waals surface area (Å²) in [6.45, 7) is 14.0. The molecule has 16 nitrogen and oxygen atoms in total. The molecule has 4 fully saturated rings. The molecule has 9 rings (SSSR count). The lowest BCUT2D eigenvalue weighted by Gasteiger charge is -2.40. The van der Waals surface area contributed by atoms with Crippen LogP contribution in [0.3, 0.4) is 0 Å². The van der Waals surface area contributed by atoms with Crippen molar-refractivity contribution in [3.8, 4) is 11.3 Å². The third kappa shape index (κ3) is 9.29. The smallest absolute Gasteiger partial charge is 0.410 e. The average molecular weight is 870 g/mol. The van der Waals surface area contributed by atoms with Gasteiger partial charge in [-0.1, -0.05) is 12.1 Å². The number of carbonyl (C=O) groups excluding carboxylic acids is 5. The Morgan fingerprint density at radius 1 is 0.828 bits per heavy atom. The predicted molar refractivity (Wildman–Crippen MR) is 240 cm³/mol. The summed E-state index contributed by atoms with van der Waals surface area (Å²) in [5.41, 5.74) is 7.30. The number of hydrogen-bond donors (Lipinski definition) is 2. The van der Waals surface area contributed by atoms with E-state index in [0.29, 0.717) is 36.1 Å². The molecule has 0 aliphatic carbocycles. The van der Waals surface area contributed by atoms with E-state index in [0.717, 1.165) is 97.3 Å². The van der Waals surface area contributed by atoms with Crippen LogP contribution in [0.4, 0.5) is 27.8 Å². The van der Waals surface area contributed by atoms with E-state index in [4.69, 9.17) is 14.5 Å². The summed E-state index contributed by atoms with van der Waals surface area (Å²) >= 11 is 0. The molecular weight excluding hydrogens is 815 g/mol. The van der Waals surface area contributed by atoms with Gasteiger partial charge in [-0.3, -0.25) is 34.3 Å². The summed E-state index contributed by atoms with van der Waals surface area (Å²) in [5.74, 6) is -0.866. The predicted octanol–water partition coefficient (Wildman–Crippen LogP) is 5.38. The minimum absolute atomic E-state index is 0.0769. The zero-order valence-corrected chi connectivity index (χ0v) is 36.6. The molecule has 334 valence electrons. The van der Waals surface area contributed by atoms with E-state index in [1.54, 1.807) is 23.2 Å². The van der Waals surface area contributed by atoms with Gasteiger partial charge < -0.3 is 29.5 Å². The van der Waals surface area contributed by atoms with E-state index in [9.17, 15) is 24.0 Å². The van der Waals surface area contributed by atoms with Gasteiger partial charge in [0.2, 0.25) is 17.8 Å². The molecule has 16 heteroatoms. The number of fused-ring (bicyclic) bond motifs is 1. The van der Waals surface area contributed by atoms with Crippen LogP contribution in [0.1, 0.15) is 71.4 Å². The lowest BCUT2D eigenvalue weighted by molar-refractivity contribution is -0.136. The first kappa shape index (κ1) is 42.9. The second-order valence-corrected chi connectivity index (χ2v) is 17.7. The Kier molecular flexibility index (Phi) is 12.3. The van der Waals surface area contributed by atoms with Gasteiger partial charge in [0, 0.05) is 81.1 Å². The van der Waals surface area contributed by atoms with Crippen molar-refractivity contribution >= 4 is 52.7 Å². The van der Waals surface area contributed by atoms with E-state index in [-0.39, 0.29) is 43.7 Å². The second-order valence-electron chi connectivity index (χ2n) is 17.7. The van der Waals surface area contributed by atoms with Crippen molar-refractivity contribution in [1.29, 1.82) is 0 Å². The molecule has 6 heterocycles. The highest BCUT2D eigenvalue weighted by Crippen LogP contribution is 2.33. The van der Waals surface area contributed by atoms with Crippen molar-refractivity contribution in [1.82, 2.24) is 30.0 Å². The Labute approximate surface area is 372 Å². The van der Waals surface area contributed by atoms with Gasteiger partial charge in [-0.25, -0.2) is 14.8 Å². The van der Waals surface area contributed by atoms with Crippen molar-refractivity contribution in [3.05, 3.63) is 95.2 Å². The fourth-order valence-electron chi connectivity index (χ4n) is 9.35. The first-order valence-electron chi connectivity index (χ1n) is 22.4. The summed E-state index contributed by atoms with van der Waals surface area (Å²) in [4.78, 5) is 82.3. The van der Waals surface area contributed by atoms with Crippen LogP contribution in [0.25, 0.3) is 11.3 Å². The molecule has 0 bridgehead atoms. The number of benzene rings is 3. The maximum Gasteiger partial charge on any atom is 0.410 e. The lowest BCUT2D eigenvalue weighted by Crippen LogP contribution is -2.55. The molecular formula is C48H55N9O7. The molecule has 1 unspecified atom stereocenters. The highest BCUT2D eigenvalue weighted by atomic mass is 16.6. The molecule has 1 aromatic heterocycles. The summed E-state index contributed by atoms with van der Waals surface area (Å²) < 4.78 is 11.3. The summed E-state index contributed by atoms with van der Waals surface area (Å²) in [6, 6.07) is 20.7. The standard InChI is InChI=1S/C48H55N9O7/c1-30(2)64-38-27-56(28-38)48(62)63-29-34-5-4-33(24-31(34)3)41-14-17-49-47(51-41)50-35-6-8-36(9-7-35)55-22-20-53(21-23-55)26-32-15-18-54(19-16-32)37-10-11-39-40(25-37)46(61)57(45(39)60)42-12-13-43(58)52-44(42)59/h4-11,14,17,24-25,30,32,38,42H,12-13,15-16,18-23,26-29H2,1-3H3,(H,49,50,51)(H,52,58,59). The molecule has 3 aromatic carbocycles. The molecule has 2 N–H and O–H groups in total. The zero-order valence-electron chi connectivity index (χ0n) is 36.6. The fourth-order valence-corrected chi connectivity index (χ4v) is 9.35. The summed E-state index contributed by atoms with van der Waals surface area (Å²) in [7, 11) is 0. The van der Waals surface area contributed by atoms with Crippen molar-refractivity contribution in [2.45, 2.75) is 71.3 Å². The highest BCUT2D eigenvalue weighted by Gasteiger charge is 2.45. The number of piperidine rings is 2. The van der Waals surface area contributed by atoms with Crippen LogP contribution in [0.5, 0.6) is 0 Å². The number of aromatic nitrogens is 2. The molecule has 1 atom stereocenters. The van der Waals surface area contributed by atoms with Gasteiger partial charge in [0.1, 0.15) is 12.6 Å². The minimum atomic E-state index is -0.967. The van der Waals surface area contributed by atoms with Gasteiger partial charge >= 0.3 is 6.09 Å². The lowest BCUT2D eigenvalue weighted by atomic mass is 9.95. The van der Waals surface area contributed by atoms with Crippen LogP contribution in [0.2, 0.25) is 0 Å². The van der Waals surface area contributed by atoms with Crippen LogP contribution >= 0.6 is 0 Å². The third-order valence-electron chi connectivity index (χ3n) is 13.0. The van der Waals surface area contributed by atoms with E-state index in [1.807, 2.05) is 45.0 Å². The highest BCUT2D eigenvalue weighted by molar-refractivity contribution is 6.23. The molecule has 64 heavy (non-hydrogen) atoms. The Balaban J connectivity index is 0.711.